The molecule has 0 saturated heterocycles. The lowest BCUT2D eigenvalue weighted by Gasteiger charge is -2.21. The van der Waals surface area contributed by atoms with Crippen molar-refractivity contribution in [3.63, 3.8) is 0 Å². The number of hydrogen-bond acceptors (Lipinski definition) is 3. The molecule has 0 saturated carbocycles. The first-order valence-electron chi connectivity index (χ1n) is 7.19. The number of rotatable bonds is 5. The van der Waals surface area contributed by atoms with E-state index in [9.17, 15) is 13.2 Å². The van der Waals surface area contributed by atoms with Crippen LogP contribution in [0.1, 0.15) is 37.8 Å². The Morgan fingerprint density at radius 1 is 1.19 bits per heavy atom. The summed E-state index contributed by atoms with van der Waals surface area (Å²) in [4.78, 5) is 0. The van der Waals surface area contributed by atoms with Gasteiger partial charge < -0.3 is 14.8 Å². The lowest BCUT2D eigenvalue weighted by Crippen LogP contribution is -2.27. The molecule has 0 radical (unpaired) electrons. The summed E-state index contributed by atoms with van der Waals surface area (Å²) in [5.41, 5.74) is 0.574. The minimum absolute atomic E-state index is 0.517. The molecule has 0 bridgehead atoms. The molecule has 2 rings (SSSR count). The van der Waals surface area contributed by atoms with Crippen molar-refractivity contribution in [1.82, 2.24) is 5.32 Å². The van der Waals surface area contributed by atoms with Crippen molar-refractivity contribution in [1.29, 1.82) is 0 Å². The van der Waals surface area contributed by atoms with Gasteiger partial charge in [0.25, 0.3) is 0 Å². The third-order valence-corrected chi connectivity index (χ3v) is 3.25. The van der Waals surface area contributed by atoms with Gasteiger partial charge in [0.15, 0.2) is 11.5 Å². The Labute approximate surface area is 122 Å². The average Bonchev–Trinajstić information content (AvgIpc) is 2.66. The molecular weight excluding hydrogens is 283 g/mol. The second kappa shape index (κ2) is 7.02. The van der Waals surface area contributed by atoms with Gasteiger partial charge in [-0.3, -0.25) is 0 Å². The highest BCUT2D eigenvalue weighted by molar-refractivity contribution is 5.44. The number of nitrogens with one attached hydrogen (secondary N) is 1. The molecule has 21 heavy (non-hydrogen) atoms. The van der Waals surface area contributed by atoms with E-state index in [1.165, 1.54) is 0 Å². The molecule has 1 N–H and O–H groups in total. The number of halogens is 3. The lowest BCUT2D eigenvalue weighted by molar-refractivity contribution is -0.140. The van der Waals surface area contributed by atoms with Crippen LogP contribution in [0.2, 0.25) is 0 Å². The topological polar surface area (TPSA) is 30.5 Å². The van der Waals surface area contributed by atoms with E-state index in [0.717, 1.165) is 12.8 Å². The highest BCUT2D eigenvalue weighted by Crippen LogP contribution is 2.35. The first-order chi connectivity index (χ1) is 9.99. The van der Waals surface area contributed by atoms with Crippen LogP contribution in [0, 0.1) is 0 Å². The fourth-order valence-corrected chi connectivity index (χ4v) is 2.25. The van der Waals surface area contributed by atoms with Crippen LogP contribution in [0.5, 0.6) is 11.5 Å². The molecule has 0 fully saturated rings. The van der Waals surface area contributed by atoms with Crippen LogP contribution in [-0.4, -0.2) is 25.9 Å². The Morgan fingerprint density at radius 2 is 1.90 bits per heavy atom. The summed E-state index contributed by atoms with van der Waals surface area (Å²) in [6.45, 7) is 3.54. The molecule has 0 amide bonds. The molecule has 1 atom stereocenters. The van der Waals surface area contributed by atoms with Gasteiger partial charge in [0, 0.05) is 12.5 Å². The maximum atomic E-state index is 12.7. The molecule has 0 spiro atoms. The van der Waals surface area contributed by atoms with Crippen molar-refractivity contribution in [3.8, 4) is 11.5 Å². The second-order valence-corrected chi connectivity index (χ2v) is 5.08. The summed E-state index contributed by atoms with van der Waals surface area (Å²) in [6, 6.07) is 4.25. The van der Waals surface area contributed by atoms with Crippen LogP contribution in [0.15, 0.2) is 18.2 Å². The summed E-state index contributed by atoms with van der Waals surface area (Å²) in [7, 11) is 0. The number of benzene rings is 1. The maximum Gasteiger partial charge on any atom is 0.390 e. The summed E-state index contributed by atoms with van der Waals surface area (Å²) in [5, 5.41) is 2.95. The molecule has 1 heterocycles. The van der Waals surface area contributed by atoms with Gasteiger partial charge in [-0.2, -0.15) is 13.2 Å². The van der Waals surface area contributed by atoms with Gasteiger partial charge in [0.05, 0.1) is 19.6 Å². The van der Waals surface area contributed by atoms with Crippen molar-refractivity contribution in [2.45, 2.75) is 38.4 Å². The first kappa shape index (κ1) is 15.9. The predicted molar refractivity (Wildman–Crippen MR) is 73.8 cm³/mol. The minimum Gasteiger partial charge on any atom is -0.490 e. The minimum atomic E-state index is -4.21. The quantitative estimate of drug-likeness (QED) is 0.896. The molecule has 3 nitrogen and oxygen atoms in total. The van der Waals surface area contributed by atoms with E-state index < -0.39 is 18.6 Å². The van der Waals surface area contributed by atoms with E-state index in [4.69, 9.17) is 9.47 Å². The van der Waals surface area contributed by atoms with Crippen LogP contribution in [0.4, 0.5) is 13.2 Å². The van der Waals surface area contributed by atoms with E-state index in [0.29, 0.717) is 36.8 Å². The largest absolute Gasteiger partial charge is 0.490 e. The second-order valence-electron chi connectivity index (χ2n) is 5.08. The summed E-state index contributed by atoms with van der Waals surface area (Å²) in [5.74, 6) is 1.12. The van der Waals surface area contributed by atoms with Crippen molar-refractivity contribution >= 4 is 0 Å². The van der Waals surface area contributed by atoms with Crippen LogP contribution < -0.4 is 14.8 Å². The molecule has 0 aromatic heterocycles. The summed E-state index contributed by atoms with van der Waals surface area (Å²) >= 11 is 0. The highest BCUT2D eigenvalue weighted by Gasteiger charge is 2.32. The van der Waals surface area contributed by atoms with Gasteiger partial charge in [-0.1, -0.05) is 13.0 Å². The van der Waals surface area contributed by atoms with Crippen molar-refractivity contribution in [3.05, 3.63) is 23.8 Å². The fraction of sp³-hybridized carbons (Fsp3) is 0.600. The number of hydrogen-bond donors (Lipinski definition) is 1. The Hall–Kier alpha value is -1.43. The SMILES string of the molecule is CCCNC(CC(F)(F)F)c1ccc2c(c1)OCCCO2. The molecular formula is C15H20F3NO2. The van der Waals surface area contributed by atoms with E-state index in [1.54, 1.807) is 18.2 Å². The number of alkyl halides is 3. The number of ether oxygens (including phenoxy) is 2. The maximum absolute atomic E-state index is 12.7. The standard InChI is InChI=1S/C15H20F3NO2/c1-2-6-19-12(10-15(16,17)18)11-4-5-13-14(9-11)21-8-3-7-20-13/h4-5,9,12,19H,2-3,6-8,10H2,1H3. The van der Waals surface area contributed by atoms with Gasteiger partial charge in [0.2, 0.25) is 0 Å². The Morgan fingerprint density at radius 3 is 2.57 bits per heavy atom. The van der Waals surface area contributed by atoms with Gasteiger partial charge in [-0.05, 0) is 30.7 Å². The predicted octanol–water partition coefficient (Wildman–Crippen LogP) is 3.84. The highest BCUT2D eigenvalue weighted by atomic mass is 19.4. The smallest absolute Gasteiger partial charge is 0.390 e. The summed E-state index contributed by atoms with van der Waals surface area (Å²) in [6.07, 6.45) is -3.56. The van der Waals surface area contributed by atoms with Gasteiger partial charge in [0.1, 0.15) is 0 Å². The van der Waals surface area contributed by atoms with Gasteiger partial charge >= 0.3 is 6.18 Å². The average molecular weight is 303 g/mol. The van der Waals surface area contributed by atoms with Crippen LogP contribution >= 0.6 is 0 Å². The van der Waals surface area contributed by atoms with Crippen molar-refractivity contribution in [2.75, 3.05) is 19.8 Å². The Balaban J connectivity index is 2.20. The van der Waals surface area contributed by atoms with Gasteiger partial charge in [-0.15, -0.1) is 0 Å². The van der Waals surface area contributed by atoms with E-state index >= 15 is 0 Å². The normalized spacial score (nSPS) is 16.4. The molecule has 1 aliphatic rings. The zero-order chi connectivity index (χ0) is 15.3. The monoisotopic (exact) mass is 303 g/mol. The van der Waals surface area contributed by atoms with E-state index in [1.807, 2.05) is 6.92 Å². The Bertz CT molecular complexity index is 463. The first-order valence-corrected chi connectivity index (χ1v) is 7.19. The van der Waals surface area contributed by atoms with Gasteiger partial charge in [-0.25, -0.2) is 0 Å². The molecule has 1 aromatic rings. The summed E-state index contributed by atoms with van der Waals surface area (Å²) < 4.78 is 49.2. The fourth-order valence-electron chi connectivity index (χ4n) is 2.25. The molecule has 1 unspecified atom stereocenters. The van der Waals surface area contributed by atoms with Crippen molar-refractivity contribution < 1.29 is 22.6 Å². The zero-order valence-corrected chi connectivity index (χ0v) is 12.0. The number of fused-ring (bicyclic) bond motifs is 1. The third-order valence-electron chi connectivity index (χ3n) is 3.25. The van der Waals surface area contributed by atoms with E-state index in [2.05, 4.69) is 5.32 Å². The molecule has 0 aliphatic carbocycles. The Kier molecular flexibility index (Phi) is 5.33. The van der Waals surface area contributed by atoms with Crippen LogP contribution in [0.3, 0.4) is 0 Å². The molecule has 1 aliphatic heterocycles. The molecule has 1 aromatic carbocycles. The lowest BCUT2D eigenvalue weighted by atomic mass is 10.0. The third kappa shape index (κ3) is 4.81. The molecule has 6 heteroatoms. The van der Waals surface area contributed by atoms with E-state index in [-0.39, 0.29) is 0 Å². The van der Waals surface area contributed by atoms with Crippen LogP contribution in [0.25, 0.3) is 0 Å². The van der Waals surface area contributed by atoms with Crippen molar-refractivity contribution in [2.24, 2.45) is 0 Å². The molecule has 118 valence electrons. The zero-order valence-electron chi connectivity index (χ0n) is 12.0. The van der Waals surface area contributed by atoms with Crippen LogP contribution in [-0.2, 0) is 0 Å².